The van der Waals surface area contributed by atoms with Crippen LogP contribution in [0, 0.1) is 5.92 Å². The maximum Gasteiger partial charge on any atom is 0.306 e. The normalized spacial score (nSPS) is 12.0. The van der Waals surface area contributed by atoms with Crippen molar-refractivity contribution >= 4 is 11.9 Å². The van der Waals surface area contributed by atoms with E-state index in [4.69, 9.17) is 9.47 Å². The third kappa shape index (κ3) is 29.9. The molecule has 0 aliphatic rings. The van der Waals surface area contributed by atoms with Gasteiger partial charge < -0.3 is 9.47 Å². The van der Waals surface area contributed by atoms with Gasteiger partial charge in [0.15, 0.2) is 0 Å². The SMILES string of the molecule is CCCCCCCOC(=O)CCCCCCCCCCCCCCCCC(CC)CC(=O)OCCCCCCC. The lowest BCUT2D eigenvalue weighted by Crippen LogP contribution is -2.12. The van der Waals surface area contributed by atoms with Crippen molar-refractivity contribution in [3.8, 4) is 0 Å². The molecule has 238 valence electrons. The van der Waals surface area contributed by atoms with Gasteiger partial charge in [-0.1, -0.05) is 162 Å². The number of carbonyl (C=O) groups excluding carboxylic acids is 2. The summed E-state index contributed by atoms with van der Waals surface area (Å²) in [7, 11) is 0. The summed E-state index contributed by atoms with van der Waals surface area (Å²) in [6.45, 7) is 7.87. The molecule has 0 bridgehead atoms. The molecule has 0 N–H and O–H groups in total. The molecule has 0 saturated heterocycles. The minimum Gasteiger partial charge on any atom is -0.466 e. The van der Waals surface area contributed by atoms with Crippen LogP contribution >= 0.6 is 0 Å². The van der Waals surface area contributed by atoms with Crippen molar-refractivity contribution in [3.63, 3.8) is 0 Å². The molecule has 0 aromatic heterocycles. The molecule has 0 spiro atoms. The lowest BCUT2D eigenvalue weighted by Gasteiger charge is -2.14. The van der Waals surface area contributed by atoms with E-state index in [-0.39, 0.29) is 11.9 Å². The van der Waals surface area contributed by atoms with E-state index >= 15 is 0 Å². The van der Waals surface area contributed by atoms with Crippen LogP contribution in [0.25, 0.3) is 0 Å². The van der Waals surface area contributed by atoms with Gasteiger partial charge in [-0.3, -0.25) is 9.59 Å². The Hall–Kier alpha value is -1.06. The van der Waals surface area contributed by atoms with Gasteiger partial charge >= 0.3 is 11.9 Å². The molecular formula is C36H70O4. The first-order valence-electron chi connectivity index (χ1n) is 17.9. The Morgan fingerprint density at radius 2 is 0.825 bits per heavy atom. The van der Waals surface area contributed by atoms with Crippen LogP contribution < -0.4 is 0 Å². The van der Waals surface area contributed by atoms with E-state index in [2.05, 4.69) is 20.8 Å². The molecule has 4 heteroatoms. The summed E-state index contributed by atoms with van der Waals surface area (Å²) < 4.78 is 10.8. The highest BCUT2D eigenvalue weighted by molar-refractivity contribution is 5.69. The molecule has 0 radical (unpaired) electrons. The molecule has 4 nitrogen and oxygen atoms in total. The fourth-order valence-corrected chi connectivity index (χ4v) is 5.42. The van der Waals surface area contributed by atoms with Crippen LogP contribution in [0.5, 0.6) is 0 Å². The molecule has 40 heavy (non-hydrogen) atoms. The molecule has 0 aliphatic carbocycles. The Kier molecular flexibility index (Phi) is 31.6. The highest BCUT2D eigenvalue weighted by atomic mass is 16.5. The molecule has 0 aromatic carbocycles. The van der Waals surface area contributed by atoms with E-state index in [1.165, 1.54) is 135 Å². The summed E-state index contributed by atoms with van der Waals surface area (Å²) in [6.07, 6.45) is 33.6. The number of rotatable bonds is 32. The summed E-state index contributed by atoms with van der Waals surface area (Å²) in [4.78, 5) is 23.9. The first-order valence-corrected chi connectivity index (χ1v) is 17.9. The van der Waals surface area contributed by atoms with Crippen LogP contribution in [-0.4, -0.2) is 25.2 Å². The zero-order chi connectivity index (χ0) is 29.4. The Balaban J connectivity index is 3.36. The van der Waals surface area contributed by atoms with Gasteiger partial charge in [-0.05, 0) is 31.6 Å². The summed E-state index contributed by atoms with van der Waals surface area (Å²) in [5.41, 5.74) is 0. The topological polar surface area (TPSA) is 52.6 Å². The monoisotopic (exact) mass is 567 g/mol. The molecule has 1 unspecified atom stereocenters. The van der Waals surface area contributed by atoms with E-state index in [1.54, 1.807) is 0 Å². The van der Waals surface area contributed by atoms with Gasteiger partial charge in [-0.2, -0.15) is 0 Å². The first-order chi connectivity index (χ1) is 19.6. The second-order valence-electron chi connectivity index (χ2n) is 12.2. The van der Waals surface area contributed by atoms with E-state index in [1.807, 2.05) is 0 Å². The van der Waals surface area contributed by atoms with Gasteiger partial charge in [0.2, 0.25) is 0 Å². The number of unbranched alkanes of at least 4 members (excludes halogenated alkanes) is 21. The number of hydrogen-bond donors (Lipinski definition) is 0. The van der Waals surface area contributed by atoms with Gasteiger partial charge in [0.1, 0.15) is 0 Å². The molecule has 0 amide bonds. The Labute approximate surface area is 250 Å². The molecular weight excluding hydrogens is 496 g/mol. The zero-order valence-corrected chi connectivity index (χ0v) is 27.4. The van der Waals surface area contributed by atoms with Crippen molar-refractivity contribution in [2.45, 2.75) is 201 Å². The van der Waals surface area contributed by atoms with Crippen molar-refractivity contribution in [1.29, 1.82) is 0 Å². The van der Waals surface area contributed by atoms with Crippen LogP contribution in [0.15, 0.2) is 0 Å². The van der Waals surface area contributed by atoms with E-state index in [0.717, 1.165) is 32.1 Å². The van der Waals surface area contributed by atoms with E-state index in [9.17, 15) is 9.59 Å². The third-order valence-electron chi connectivity index (χ3n) is 8.30. The van der Waals surface area contributed by atoms with Gasteiger partial charge in [-0.15, -0.1) is 0 Å². The maximum atomic E-state index is 12.1. The molecule has 0 fully saturated rings. The Morgan fingerprint density at radius 1 is 0.450 bits per heavy atom. The molecule has 0 aliphatic heterocycles. The van der Waals surface area contributed by atoms with Crippen LogP contribution in [0.2, 0.25) is 0 Å². The predicted molar refractivity (Wildman–Crippen MR) is 172 cm³/mol. The predicted octanol–water partition coefficient (Wildman–Crippen LogP) is 11.7. The second kappa shape index (κ2) is 32.5. The van der Waals surface area contributed by atoms with E-state index in [0.29, 0.717) is 32.0 Å². The second-order valence-corrected chi connectivity index (χ2v) is 12.2. The highest BCUT2D eigenvalue weighted by Crippen LogP contribution is 2.20. The van der Waals surface area contributed by atoms with Crippen LogP contribution in [0.3, 0.4) is 0 Å². The molecule has 0 rings (SSSR count). The van der Waals surface area contributed by atoms with E-state index < -0.39 is 0 Å². The standard InChI is InChI=1S/C36H70O4/c1-4-7-9-23-27-31-39-35(37)30-26-22-20-18-16-14-12-11-13-15-17-19-21-25-29-34(6-3)33-36(38)40-32-28-24-10-8-5-2/h34H,4-33H2,1-3H3. The minimum atomic E-state index is 0.00122. The minimum absolute atomic E-state index is 0.00122. The molecule has 0 heterocycles. The average Bonchev–Trinajstić information content (AvgIpc) is 2.95. The quantitative estimate of drug-likeness (QED) is 0.0600. The summed E-state index contributed by atoms with van der Waals surface area (Å²) in [5.74, 6) is 0.517. The largest absolute Gasteiger partial charge is 0.466 e. The zero-order valence-electron chi connectivity index (χ0n) is 27.4. The number of esters is 2. The fraction of sp³-hybridized carbons (Fsp3) is 0.944. The lowest BCUT2D eigenvalue weighted by atomic mass is 9.95. The average molecular weight is 567 g/mol. The van der Waals surface area contributed by atoms with Crippen molar-refractivity contribution in [1.82, 2.24) is 0 Å². The Bertz CT molecular complexity index is 533. The third-order valence-corrected chi connectivity index (χ3v) is 8.30. The smallest absolute Gasteiger partial charge is 0.306 e. The van der Waals surface area contributed by atoms with Gasteiger partial charge in [0.05, 0.1) is 13.2 Å². The van der Waals surface area contributed by atoms with Gasteiger partial charge in [-0.25, -0.2) is 0 Å². The summed E-state index contributed by atoms with van der Waals surface area (Å²) in [5, 5.41) is 0. The van der Waals surface area contributed by atoms with Crippen molar-refractivity contribution in [2.24, 2.45) is 5.92 Å². The Morgan fingerprint density at radius 3 is 1.27 bits per heavy atom. The molecule has 0 saturated carbocycles. The summed E-state index contributed by atoms with van der Waals surface area (Å²) >= 11 is 0. The van der Waals surface area contributed by atoms with Crippen molar-refractivity contribution in [2.75, 3.05) is 13.2 Å². The van der Waals surface area contributed by atoms with Gasteiger partial charge in [0.25, 0.3) is 0 Å². The van der Waals surface area contributed by atoms with Gasteiger partial charge in [0, 0.05) is 12.8 Å². The molecule has 0 aromatic rings. The fourth-order valence-electron chi connectivity index (χ4n) is 5.42. The van der Waals surface area contributed by atoms with Crippen LogP contribution in [0.1, 0.15) is 201 Å². The lowest BCUT2D eigenvalue weighted by molar-refractivity contribution is -0.145. The number of hydrogen-bond acceptors (Lipinski definition) is 4. The van der Waals surface area contributed by atoms with Crippen LogP contribution in [-0.2, 0) is 19.1 Å². The summed E-state index contributed by atoms with van der Waals surface area (Å²) in [6, 6.07) is 0. The highest BCUT2D eigenvalue weighted by Gasteiger charge is 2.13. The van der Waals surface area contributed by atoms with Crippen LogP contribution in [0.4, 0.5) is 0 Å². The molecule has 1 atom stereocenters. The van der Waals surface area contributed by atoms with Crippen molar-refractivity contribution in [3.05, 3.63) is 0 Å². The van der Waals surface area contributed by atoms with Crippen molar-refractivity contribution < 1.29 is 19.1 Å². The number of carbonyl (C=O) groups is 2. The number of ether oxygens (including phenoxy) is 2. The maximum absolute atomic E-state index is 12.1. The first kappa shape index (κ1) is 38.9.